The molecule has 0 bridgehead atoms. The van der Waals surface area contributed by atoms with Crippen molar-refractivity contribution in [3.8, 4) is 0 Å². The maximum Gasteiger partial charge on any atom is 0.196 e. The molecule has 0 spiro atoms. The van der Waals surface area contributed by atoms with Gasteiger partial charge in [0.2, 0.25) is 0 Å². The van der Waals surface area contributed by atoms with E-state index in [1.807, 2.05) is 18.2 Å². The van der Waals surface area contributed by atoms with E-state index >= 15 is 0 Å². The fourth-order valence-corrected chi connectivity index (χ4v) is 2.80. The Kier molecular flexibility index (Phi) is 3.03. The number of aromatic nitrogens is 3. The Hall–Kier alpha value is -2.54. The molecule has 0 aliphatic heterocycles. The summed E-state index contributed by atoms with van der Waals surface area (Å²) in [7, 11) is 0. The fourth-order valence-electron chi connectivity index (χ4n) is 1.88. The second kappa shape index (κ2) is 4.86. The van der Waals surface area contributed by atoms with E-state index in [-0.39, 0.29) is 0 Å². The van der Waals surface area contributed by atoms with Crippen LogP contribution in [0.1, 0.15) is 0 Å². The van der Waals surface area contributed by atoms with Crippen molar-refractivity contribution in [2.24, 2.45) is 0 Å². The van der Waals surface area contributed by atoms with Gasteiger partial charge in [0.05, 0.1) is 0 Å². The lowest BCUT2D eigenvalue weighted by Crippen LogP contribution is -1.99. The minimum absolute atomic E-state index is 0.349. The topological polar surface area (TPSA) is 117 Å². The van der Waals surface area contributed by atoms with E-state index in [0.717, 1.165) is 15.7 Å². The van der Waals surface area contributed by atoms with E-state index in [2.05, 4.69) is 15.0 Å². The van der Waals surface area contributed by atoms with Crippen LogP contribution in [0.4, 0.5) is 17.3 Å². The second-order valence-corrected chi connectivity index (χ2v) is 5.19. The van der Waals surface area contributed by atoms with E-state index < -0.39 is 0 Å². The first-order valence-electron chi connectivity index (χ1n) is 5.83. The van der Waals surface area contributed by atoms with Crippen LogP contribution in [0.3, 0.4) is 0 Å². The first kappa shape index (κ1) is 12.5. The molecule has 0 unspecified atom stereocenters. The normalized spacial score (nSPS) is 10.8. The Morgan fingerprint density at radius 2 is 1.65 bits per heavy atom. The minimum Gasteiger partial charge on any atom is -0.398 e. The predicted molar refractivity (Wildman–Crippen MR) is 81.1 cm³/mol. The number of hydrogen-bond donors (Lipinski definition) is 3. The maximum absolute atomic E-state index is 5.95. The molecule has 0 saturated carbocycles. The van der Waals surface area contributed by atoms with Crippen LogP contribution in [0.5, 0.6) is 0 Å². The predicted octanol–water partition coefficient (Wildman–Crippen LogP) is 1.92. The molecule has 7 heteroatoms. The molecule has 0 aliphatic rings. The highest BCUT2D eigenvalue weighted by atomic mass is 32.2. The average molecular weight is 284 g/mol. The number of benzene rings is 1. The van der Waals surface area contributed by atoms with Crippen LogP contribution in [0.15, 0.2) is 46.7 Å². The van der Waals surface area contributed by atoms with Crippen molar-refractivity contribution in [3.63, 3.8) is 0 Å². The quantitative estimate of drug-likeness (QED) is 0.486. The Labute approximate surface area is 119 Å². The number of nitrogens with zero attached hydrogens (tertiary/aromatic N) is 3. The molecule has 2 heterocycles. The van der Waals surface area contributed by atoms with Gasteiger partial charge in [-0.3, -0.25) is 4.98 Å². The zero-order chi connectivity index (χ0) is 14.1. The summed E-state index contributed by atoms with van der Waals surface area (Å²) in [6.45, 7) is 0. The van der Waals surface area contributed by atoms with Gasteiger partial charge in [0.25, 0.3) is 0 Å². The summed E-state index contributed by atoms with van der Waals surface area (Å²) in [6.07, 6.45) is 3.46. The monoisotopic (exact) mass is 284 g/mol. The first-order chi connectivity index (χ1) is 9.63. The van der Waals surface area contributed by atoms with Crippen molar-refractivity contribution in [2.75, 3.05) is 17.2 Å². The summed E-state index contributed by atoms with van der Waals surface area (Å²) < 4.78 is 0. The number of nitrogen functional groups attached to an aromatic ring is 3. The lowest BCUT2D eigenvalue weighted by atomic mass is 10.1. The van der Waals surface area contributed by atoms with Crippen molar-refractivity contribution in [2.45, 2.75) is 10.1 Å². The molecular formula is C13H12N6S. The Morgan fingerprint density at radius 1 is 0.900 bits per heavy atom. The maximum atomic E-state index is 5.95. The third-order valence-electron chi connectivity index (χ3n) is 2.76. The molecule has 0 saturated heterocycles. The van der Waals surface area contributed by atoms with Gasteiger partial charge in [-0.2, -0.15) is 0 Å². The third kappa shape index (κ3) is 2.30. The summed E-state index contributed by atoms with van der Waals surface area (Å²) >= 11 is 1.39. The average Bonchev–Trinajstić information content (AvgIpc) is 2.41. The third-order valence-corrected chi connectivity index (χ3v) is 3.70. The van der Waals surface area contributed by atoms with Crippen LogP contribution in [-0.2, 0) is 0 Å². The molecule has 6 N–H and O–H groups in total. The number of anilines is 3. The van der Waals surface area contributed by atoms with Gasteiger partial charge < -0.3 is 17.2 Å². The van der Waals surface area contributed by atoms with Gasteiger partial charge in [-0.1, -0.05) is 0 Å². The number of hydrogen-bond acceptors (Lipinski definition) is 7. The Morgan fingerprint density at radius 3 is 2.40 bits per heavy atom. The summed E-state index contributed by atoms with van der Waals surface area (Å²) in [5.74, 6) is 0.697. The number of fused-ring (bicyclic) bond motifs is 1. The SMILES string of the molecule is Nc1cc(N)nc(Sc2ccc(N)c3cnccc23)n1. The van der Waals surface area contributed by atoms with Crippen molar-refractivity contribution in [1.82, 2.24) is 15.0 Å². The Bertz CT molecular complexity index is 769. The highest BCUT2D eigenvalue weighted by molar-refractivity contribution is 7.99. The van der Waals surface area contributed by atoms with Gasteiger partial charge in [0.15, 0.2) is 5.16 Å². The van der Waals surface area contributed by atoms with Gasteiger partial charge in [-0.15, -0.1) is 0 Å². The highest BCUT2D eigenvalue weighted by Crippen LogP contribution is 2.34. The standard InChI is InChI=1S/C13H12N6S/c14-9-1-2-10(7-3-4-17-6-8(7)9)20-13-18-11(15)5-12(16)19-13/h1-6H,14H2,(H4,15,16,18,19). The highest BCUT2D eigenvalue weighted by Gasteiger charge is 2.08. The smallest absolute Gasteiger partial charge is 0.196 e. The fraction of sp³-hybridized carbons (Fsp3) is 0. The summed E-state index contributed by atoms with van der Waals surface area (Å²) in [5, 5.41) is 2.40. The Balaban J connectivity index is 2.09. The summed E-state index contributed by atoms with van der Waals surface area (Å²) in [5.41, 5.74) is 18.0. The van der Waals surface area contributed by atoms with E-state index in [9.17, 15) is 0 Å². The van der Waals surface area contributed by atoms with Crippen LogP contribution in [-0.4, -0.2) is 15.0 Å². The van der Waals surface area contributed by atoms with Gasteiger partial charge in [0.1, 0.15) is 11.6 Å². The lowest BCUT2D eigenvalue weighted by molar-refractivity contribution is 0.985. The molecule has 0 aliphatic carbocycles. The van der Waals surface area contributed by atoms with E-state index in [0.29, 0.717) is 22.5 Å². The molecule has 0 amide bonds. The molecule has 100 valence electrons. The molecule has 20 heavy (non-hydrogen) atoms. The zero-order valence-electron chi connectivity index (χ0n) is 10.4. The molecule has 1 aromatic carbocycles. The van der Waals surface area contributed by atoms with Crippen LogP contribution in [0.25, 0.3) is 10.8 Å². The van der Waals surface area contributed by atoms with Crippen molar-refractivity contribution in [3.05, 3.63) is 36.7 Å². The molecule has 0 radical (unpaired) electrons. The van der Waals surface area contributed by atoms with Crippen LogP contribution < -0.4 is 17.2 Å². The number of rotatable bonds is 2. The number of nitrogens with two attached hydrogens (primary N) is 3. The van der Waals surface area contributed by atoms with Crippen molar-refractivity contribution >= 4 is 39.9 Å². The molecule has 0 atom stereocenters. The largest absolute Gasteiger partial charge is 0.398 e. The van der Waals surface area contributed by atoms with Crippen LogP contribution >= 0.6 is 11.8 Å². The van der Waals surface area contributed by atoms with E-state index in [4.69, 9.17) is 17.2 Å². The van der Waals surface area contributed by atoms with E-state index in [1.54, 1.807) is 12.4 Å². The summed E-state index contributed by atoms with van der Waals surface area (Å²) in [4.78, 5) is 13.4. The second-order valence-electron chi connectivity index (χ2n) is 4.18. The molecule has 3 rings (SSSR count). The van der Waals surface area contributed by atoms with Gasteiger partial charge >= 0.3 is 0 Å². The van der Waals surface area contributed by atoms with Gasteiger partial charge in [-0.25, -0.2) is 9.97 Å². The van der Waals surface area contributed by atoms with Gasteiger partial charge in [-0.05, 0) is 30.0 Å². The first-order valence-corrected chi connectivity index (χ1v) is 6.65. The van der Waals surface area contributed by atoms with Crippen LogP contribution in [0, 0.1) is 0 Å². The minimum atomic E-state index is 0.349. The summed E-state index contributed by atoms with van der Waals surface area (Å²) in [6, 6.07) is 7.19. The van der Waals surface area contributed by atoms with Crippen molar-refractivity contribution < 1.29 is 0 Å². The molecule has 3 aromatic rings. The molecule has 6 nitrogen and oxygen atoms in total. The molecule has 0 fully saturated rings. The van der Waals surface area contributed by atoms with Crippen LogP contribution in [0.2, 0.25) is 0 Å². The molecular weight excluding hydrogens is 272 g/mol. The van der Waals surface area contributed by atoms with E-state index in [1.165, 1.54) is 17.8 Å². The molecule has 2 aromatic heterocycles. The van der Waals surface area contributed by atoms with Crippen molar-refractivity contribution in [1.29, 1.82) is 0 Å². The zero-order valence-corrected chi connectivity index (χ0v) is 11.3. The number of pyridine rings is 1. The van der Waals surface area contributed by atoms with Gasteiger partial charge in [0, 0.05) is 39.8 Å². The lowest BCUT2D eigenvalue weighted by Gasteiger charge is -2.08.